The number of hydrogen-bond acceptors (Lipinski definition) is 5. The van der Waals surface area contributed by atoms with Gasteiger partial charge in [0.15, 0.2) is 0 Å². The maximum absolute atomic E-state index is 5.68. The van der Waals surface area contributed by atoms with Gasteiger partial charge in [0.1, 0.15) is 5.75 Å². The standard InChI is InChI=1S/C30H44N2O3/c1-5-25(26-9-8-10-27(19-26)34-4)12-11-23(2)30-28-21-31(20-24-13-17-35-18-14-24)15-6-7-16-32(28)29(30)22-33-3/h5,8-12,19,24,28-30H,2,6-7,13-18,20-22H2,1,3-4H3/b12-11-,25-5+/t28-,29+,30-/m0/s1. The molecule has 1 aromatic rings. The molecule has 3 aliphatic heterocycles. The van der Waals surface area contributed by atoms with Crippen LogP contribution >= 0.6 is 0 Å². The van der Waals surface area contributed by atoms with Crippen LogP contribution in [-0.2, 0) is 9.47 Å². The zero-order valence-electron chi connectivity index (χ0n) is 22.0. The Morgan fingerprint density at radius 3 is 2.69 bits per heavy atom. The number of ether oxygens (including phenoxy) is 3. The number of methoxy groups -OCH3 is 2. The van der Waals surface area contributed by atoms with Crippen molar-refractivity contribution in [2.45, 2.75) is 44.7 Å². The van der Waals surface area contributed by atoms with E-state index in [0.29, 0.717) is 18.0 Å². The molecule has 5 nitrogen and oxygen atoms in total. The summed E-state index contributed by atoms with van der Waals surface area (Å²) in [5.41, 5.74) is 3.55. The lowest BCUT2D eigenvalue weighted by molar-refractivity contribution is -0.0906. The highest BCUT2D eigenvalue weighted by molar-refractivity contribution is 5.75. The highest BCUT2D eigenvalue weighted by Gasteiger charge is 2.49. The smallest absolute Gasteiger partial charge is 0.119 e. The molecule has 0 unspecified atom stereocenters. The number of nitrogens with zero attached hydrogens (tertiary/aromatic N) is 2. The molecule has 3 heterocycles. The summed E-state index contributed by atoms with van der Waals surface area (Å²) < 4.78 is 16.7. The van der Waals surface area contributed by atoms with Crippen LogP contribution in [0.15, 0.2) is 54.6 Å². The number of benzene rings is 1. The van der Waals surface area contributed by atoms with E-state index in [1.54, 1.807) is 7.11 Å². The topological polar surface area (TPSA) is 34.2 Å². The van der Waals surface area contributed by atoms with Gasteiger partial charge in [-0.3, -0.25) is 4.90 Å². The third-order valence-corrected chi connectivity index (χ3v) is 8.08. The van der Waals surface area contributed by atoms with Crippen molar-refractivity contribution in [3.05, 3.63) is 60.2 Å². The fourth-order valence-electron chi connectivity index (χ4n) is 6.14. The van der Waals surface area contributed by atoms with E-state index in [1.807, 2.05) is 19.2 Å². The summed E-state index contributed by atoms with van der Waals surface area (Å²) in [6.45, 7) is 14.0. The lowest BCUT2D eigenvalue weighted by Gasteiger charge is -2.58. The van der Waals surface area contributed by atoms with Gasteiger partial charge in [-0.05, 0) is 80.5 Å². The lowest BCUT2D eigenvalue weighted by Crippen LogP contribution is -2.69. The SMILES string of the molecule is C=C(/C=C\C(=C/C)c1cccc(OC)c1)[C@@H]1[C@@H](COC)N2CCCCN(CC3CCOCC3)C[C@@H]12. The number of rotatable bonds is 9. The van der Waals surface area contributed by atoms with Gasteiger partial charge in [-0.15, -0.1) is 0 Å². The second-order valence-corrected chi connectivity index (χ2v) is 10.3. The van der Waals surface area contributed by atoms with Crippen LogP contribution in [0.25, 0.3) is 5.57 Å². The van der Waals surface area contributed by atoms with Crippen molar-refractivity contribution >= 4 is 5.57 Å². The molecular weight excluding hydrogens is 436 g/mol. The minimum atomic E-state index is 0.413. The van der Waals surface area contributed by atoms with Crippen LogP contribution in [0.3, 0.4) is 0 Å². The van der Waals surface area contributed by atoms with Crippen LogP contribution in [0.2, 0.25) is 0 Å². The molecule has 3 aliphatic rings. The van der Waals surface area contributed by atoms with Crippen molar-refractivity contribution in [2.75, 3.05) is 60.2 Å². The summed E-state index contributed by atoms with van der Waals surface area (Å²) >= 11 is 0. The van der Waals surface area contributed by atoms with E-state index in [2.05, 4.69) is 53.7 Å². The van der Waals surface area contributed by atoms with Crippen LogP contribution in [-0.4, -0.2) is 82.1 Å². The fraction of sp³-hybridized carbons (Fsp3) is 0.600. The molecule has 5 heteroatoms. The summed E-state index contributed by atoms with van der Waals surface area (Å²) in [6.07, 6.45) is 11.5. The summed E-state index contributed by atoms with van der Waals surface area (Å²) in [4.78, 5) is 5.43. The molecule has 35 heavy (non-hydrogen) atoms. The maximum atomic E-state index is 5.68. The average molecular weight is 481 g/mol. The zero-order valence-corrected chi connectivity index (χ0v) is 22.0. The molecule has 0 N–H and O–H groups in total. The van der Waals surface area contributed by atoms with Gasteiger partial charge in [0.25, 0.3) is 0 Å². The van der Waals surface area contributed by atoms with E-state index in [4.69, 9.17) is 14.2 Å². The first-order valence-corrected chi connectivity index (χ1v) is 13.4. The Hall–Kier alpha value is -1.92. The van der Waals surface area contributed by atoms with E-state index >= 15 is 0 Å². The van der Waals surface area contributed by atoms with Crippen LogP contribution < -0.4 is 4.74 Å². The molecule has 0 bridgehead atoms. The normalized spacial score (nSPS) is 27.2. The van der Waals surface area contributed by atoms with E-state index in [-0.39, 0.29) is 0 Å². The largest absolute Gasteiger partial charge is 0.497 e. The Kier molecular flexibility index (Phi) is 9.61. The van der Waals surface area contributed by atoms with Gasteiger partial charge in [-0.1, -0.05) is 36.9 Å². The van der Waals surface area contributed by atoms with Crippen LogP contribution in [0.1, 0.15) is 38.2 Å². The number of fused-ring (bicyclic) bond motifs is 1. The summed E-state index contributed by atoms with van der Waals surface area (Å²) in [5.74, 6) is 2.07. The molecular formula is C30H44N2O3. The minimum Gasteiger partial charge on any atom is -0.497 e. The predicted molar refractivity (Wildman–Crippen MR) is 144 cm³/mol. The van der Waals surface area contributed by atoms with E-state index < -0.39 is 0 Å². The Morgan fingerprint density at radius 2 is 1.94 bits per heavy atom. The van der Waals surface area contributed by atoms with Gasteiger partial charge < -0.3 is 19.1 Å². The predicted octanol–water partition coefficient (Wildman–Crippen LogP) is 5.05. The van der Waals surface area contributed by atoms with Gasteiger partial charge in [-0.25, -0.2) is 0 Å². The lowest BCUT2D eigenvalue weighted by atomic mass is 9.74. The van der Waals surface area contributed by atoms with Crippen LogP contribution in [0.5, 0.6) is 5.75 Å². The number of hydrogen-bond donors (Lipinski definition) is 0. The molecule has 1 aromatic carbocycles. The summed E-state index contributed by atoms with van der Waals surface area (Å²) in [7, 11) is 3.54. The van der Waals surface area contributed by atoms with Crippen LogP contribution in [0.4, 0.5) is 0 Å². The first kappa shape index (κ1) is 26.2. The van der Waals surface area contributed by atoms with Gasteiger partial charge in [0, 0.05) is 51.4 Å². The maximum Gasteiger partial charge on any atom is 0.119 e. The molecule has 3 fully saturated rings. The average Bonchev–Trinajstić information content (AvgIpc) is 2.87. The monoisotopic (exact) mass is 480 g/mol. The highest BCUT2D eigenvalue weighted by Crippen LogP contribution is 2.40. The third kappa shape index (κ3) is 6.45. The second-order valence-electron chi connectivity index (χ2n) is 10.3. The van der Waals surface area contributed by atoms with Gasteiger partial charge >= 0.3 is 0 Å². The summed E-state index contributed by atoms with van der Waals surface area (Å²) in [6, 6.07) is 9.17. The van der Waals surface area contributed by atoms with Crippen molar-refractivity contribution in [1.29, 1.82) is 0 Å². The molecule has 0 radical (unpaired) electrons. The second kappa shape index (κ2) is 12.9. The Bertz CT molecular complexity index is 889. The first-order chi connectivity index (χ1) is 17.1. The first-order valence-electron chi connectivity index (χ1n) is 13.4. The van der Waals surface area contributed by atoms with Gasteiger partial charge in [0.2, 0.25) is 0 Å². The molecule has 0 saturated carbocycles. The molecule has 0 spiro atoms. The molecule has 3 atom stereocenters. The Morgan fingerprint density at radius 1 is 1.14 bits per heavy atom. The molecule has 4 rings (SSSR count). The van der Waals surface area contributed by atoms with Crippen molar-refractivity contribution in [2.24, 2.45) is 11.8 Å². The minimum absolute atomic E-state index is 0.413. The highest BCUT2D eigenvalue weighted by atomic mass is 16.5. The quantitative estimate of drug-likeness (QED) is 0.462. The molecule has 0 amide bonds. The van der Waals surface area contributed by atoms with Crippen molar-refractivity contribution < 1.29 is 14.2 Å². The summed E-state index contributed by atoms with van der Waals surface area (Å²) in [5, 5.41) is 0. The Balaban J connectivity index is 1.47. The van der Waals surface area contributed by atoms with Gasteiger partial charge in [-0.2, -0.15) is 0 Å². The van der Waals surface area contributed by atoms with E-state index in [0.717, 1.165) is 43.6 Å². The van der Waals surface area contributed by atoms with Gasteiger partial charge in [0.05, 0.1) is 13.7 Å². The van der Waals surface area contributed by atoms with Crippen LogP contribution in [0, 0.1) is 11.8 Å². The van der Waals surface area contributed by atoms with E-state index in [9.17, 15) is 0 Å². The van der Waals surface area contributed by atoms with Crippen molar-refractivity contribution in [3.63, 3.8) is 0 Å². The van der Waals surface area contributed by atoms with Crippen molar-refractivity contribution in [1.82, 2.24) is 9.80 Å². The van der Waals surface area contributed by atoms with E-state index in [1.165, 1.54) is 56.5 Å². The third-order valence-electron chi connectivity index (χ3n) is 8.08. The molecule has 192 valence electrons. The zero-order chi connectivity index (χ0) is 24.6. The molecule has 0 aliphatic carbocycles. The Labute approximate surface area is 212 Å². The fourth-order valence-corrected chi connectivity index (χ4v) is 6.14. The molecule has 0 aromatic heterocycles. The molecule has 3 saturated heterocycles. The number of allylic oxidation sites excluding steroid dienone is 4. The van der Waals surface area contributed by atoms with Crippen molar-refractivity contribution in [3.8, 4) is 5.75 Å².